The number of methoxy groups -OCH3 is 1. The molecule has 76 valence electrons. The second-order valence-electron chi connectivity index (χ2n) is 2.51. The van der Waals surface area contributed by atoms with Gasteiger partial charge in [-0.05, 0) is 18.2 Å². The van der Waals surface area contributed by atoms with Gasteiger partial charge in [0.05, 0.1) is 7.11 Å². The van der Waals surface area contributed by atoms with Gasteiger partial charge in [-0.15, -0.1) is 0 Å². The normalized spacial score (nSPS) is 10.4. The molecule has 0 fully saturated rings. The molecular formula is C9H7F3O2. The molecule has 0 unspecified atom stereocenters. The van der Waals surface area contributed by atoms with Crippen molar-refractivity contribution in [3.05, 3.63) is 29.6 Å². The van der Waals surface area contributed by atoms with E-state index in [-0.39, 0.29) is 11.3 Å². The zero-order valence-electron chi connectivity index (χ0n) is 7.26. The fraction of sp³-hybridized carbons (Fsp3) is 0.222. The largest absolute Gasteiger partial charge is 0.494 e. The van der Waals surface area contributed by atoms with Gasteiger partial charge in [0.1, 0.15) is 0 Å². The highest BCUT2D eigenvalue weighted by Crippen LogP contribution is 2.19. The summed E-state index contributed by atoms with van der Waals surface area (Å²) < 4.78 is 41.4. The van der Waals surface area contributed by atoms with Crippen molar-refractivity contribution in [3.63, 3.8) is 0 Å². The molecule has 0 N–H and O–H groups in total. The molecule has 1 aromatic carbocycles. The molecule has 0 aliphatic heterocycles. The van der Waals surface area contributed by atoms with Crippen LogP contribution in [0.5, 0.6) is 5.75 Å². The minimum atomic E-state index is -3.12. The smallest absolute Gasteiger partial charge is 0.300 e. The SMILES string of the molecule is COc1ccc(C(=O)C(F)F)cc1F. The summed E-state index contributed by atoms with van der Waals surface area (Å²) in [4.78, 5) is 10.7. The number of hydrogen-bond donors (Lipinski definition) is 0. The van der Waals surface area contributed by atoms with Crippen molar-refractivity contribution in [3.8, 4) is 5.75 Å². The molecule has 0 saturated heterocycles. The Bertz CT molecular complexity index is 350. The first-order valence-electron chi connectivity index (χ1n) is 3.72. The van der Waals surface area contributed by atoms with Gasteiger partial charge < -0.3 is 4.74 Å². The van der Waals surface area contributed by atoms with Crippen molar-refractivity contribution in [1.29, 1.82) is 0 Å². The fourth-order valence-corrected chi connectivity index (χ4v) is 0.946. The molecule has 0 atom stereocenters. The lowest BCUT2D eigenvalue weighted by molar-refractivity contribution is 0.0678. The monoisotopic (exact) mass is 204 g/mol. The zero-order chi connectivity index (χ0) is 10.7. The minimum absolute atomic E-state index is 0.0872. The van der Waals surface area contributed by atoms with Gasteiger partial charge in [-0.3, -0.25) is 4.79 Å². The fourth-order valence-electron chi connectivity index (χ4n) is 0.946. The Kier molecular flexibility index (Phi) is 3.11. The van der Waals surface area contributed by atoms with E-state index in [1.54, 1.807) is 0 Å². The maximum absolute atomic E-state index is 13.0. The summed E-state index contributed by atoms with van der Waals surface area (Å²) in [5.41, 5.74) is -0.363. The number of hydrogen-bond acceptors (Lipinski definition) is 2. The van der Waals surface area contributed by atoms with Crippen molar-refractivity contribution in [1.82, 2.24) is 0 Å². The van der Waals surface area contributed by atoms with Crippen LogP contribution >= 0.6 is 0 Å². The van der Waals surface area contributed by atoms with E-state index in [0.717, 1.165) is 18.2 Å². The van der Waals surface area contributed by atoms with E-state index in [1.165, 1.54) is 7.11 Å². The van der Waals surface area contributed by atoms with Crippen LogP contribution in [-0.4, -0.2) is 19.3 Å². The summed E-state index contributed by atoms with van der Waals surface area (Å²) in [5, 5.41) is 0. The van der Waals surface area contributed by atoms with Gasteiger partial charge >= 0.3 is 6.43 Å². The van der Waals surface area contributed by atoms with Crippen LogP contribution < -0.4 is 4.74 Å². The first-order valence-corrected chi connectivity index (χ1v) is 3.72. The topological polar surface area (TPSA) is 26.3 Å². The Hall–Kier alpha value is -1.52. The van der Waals surface area contributed by atoms with Crippen LogP contribution in [0.3, 0.4) is 0 Å². The van der Waals surface area contributed by atoms with Gasteiger partial charge in [-0.1, -0.05) is 0 Å². The molecule has 1 rings (SSSR count). The van der Waals surface area contributed by atoms with Gasteiger partial charge in [0.25, 0.3) is 0 Å². The molecule has 0 amide bonds. The average Bonchev–Trinajstić information content (AvgIpc) is 2.16. The summed E-state index contributed by atoms with van der Waals surface area (Å²) >= 11 is 0. The van der Waals surface area contributed by atoms with Crippen LogP contribution in [0.4, 0.5) is 13.2 Å². The number of rotatable bonds is 3. The molecule has 0 aliphatic carbocycles. The quantitative estimate of drug-likeness (QED) is 0.706. The van der Waals surface area contributed by atoms with Crippen LogP contribution in [0.1, 0.15) is 10.4 Å². The summed E-state index contributed by atoms with van der Waals surface area (Å²) in [5.74, 6) is -2.32. The second kappa shape index (κ2) is 4.13. The Morgan fingerprint density at radius 1 is 1.43 bits per heavy atom. The van der Waals surface area contributed by atoms with Crippen molar-refractivity contribution in [2.45, 2.75) is 6.43 Å². The molecule has 0 saturated carbocycles. The van der Waals surface area contributed by atoms with Gasteiger partial charge in [0, 0.05) is 5.56 Å². The number of carbonyl (C=O) groups excluding carboxylic acids is 1. The first-order chi connectivity index (χ1) is 6.56. The Morgan fingerprint density at radius 3 is 2.50 bits per heavy atom. The second-order valence-corrected chi connectivity index (χ2v) is 2.51. The van der Waals surface area contributed by atoms with Crippen molar-refractivity contribution < 1.29 is 22.7 Å². The molecular weight excluding hydrogens is 197 g/mol. The van der Waals surface area contributed by atoms with E-state index in [4.69, 9.17) is 0 Å². The number of halogens is 3. The number of carbonyl (C=O) groups is 1. The third kappa shape index (κ3) is 2.04. The van der Waals surface area contributed by atoms with E-state index in [9.17, 15) is 18.0 Å². The van der Waals surface area contributed by atoms with Crippen molar-refractivity contribution >= 4 is 5.78 Å². The lowest BCUT2D eigenvalue weighted by Gasteiger charge is -2.03. The molecule has 1 aromatic rings. The van der Waals surface area contributed by atoms with Crippen LogP contribution in [0.2, 0.25) is 0 Å². The predicted octanol–water partition coefficient (Wildman–Crippen LogP) is 2.28. The van der Waals surface area contributed by atoms with Crippen LogP contribution in [0.25, 0.3) is 0 Å². The average molecular weight is 204 g/mol. The molecule has 14 heavy (non-hydrogen) atoms. The van der Waals surface area contributed by atoms with E-state index >= 15 is 0 Å². The molecule has 0 aliphatic rings. The van der Waals surface area contributed by atoms with Gasteiger partial charge in [0.2, 0.25) is 5.78 Å². The summed E-state index contributed by atoms with van der Waals surface area (Å²) in [7, 11) is 1.24. The third-order valence-corrected chi connectivity index (χ3v) is 1.63. The third-order valence-electron chi connectivity index (χ3n) is 1.63. The van der Waals surface area contributed by atoms with Gasteiger partial charge in [0.15, 0.2) is 11.6 Å². The highest BCUT2D eigenvalue weighted by Gasteiger charge is 2.18. The standard InChI is InChI=1S/C9H7F3O2/c1-14-7-3-2-5(4-6(7)10)8(13)9(11)12/h2-4,9H,1H3. The number of Topliss-reactive ketones (excluding diaryl/α,β-unsaturated/α-hetero) is 1. The Labute approximate surface area is 78.3 Å². The highest BCUT2D eigenvalue weighted by molar-refractivity contribution is 5.98. The lowest BCUT2D eigenvalue weighted by Crippen LogP contribution is -2.10. The molecule has 0 radical (unpaired) electrons. The minimum Gasteiger partial charge on any atom is -0.494 e. The lowest BCUT2D eigenvalue weighted by atomic mass is 10.1. The summed E-state index contributed by atoms with van der Waals surface area (Å²) in [6.07, 6.45) is -3.12. The summed E-state index contributed by atoms with van der Waals surface area (Å²) in [6.45, 7) is 0. The van der Waals surface area contributed by atoms with Crippen LogP contribution in [-0.2, 0) is 0 Å². The first kappa shape index (κ1) is 10.6. The molecule has 0 aromatic heterocycles. The number of ketones is 1. The van der Waals surface area contributed by atoms with Crippen LogP contribution in [0.15, 0.2) is 18.2 Å². The van der Waals surface area contributed by atoms with E-state index in [2.05, 4.69) is 4.74 Å². The van der Waals surface area contributed by atoms with Gasteiger partial charge in [-0.25, -0.2) is 13.2 Å². The van der Waals surface area contributed by atoms with Gasteiger partial charge in [-0.2, -0.15) is 0 Å². The molecule has 0 spiro atoms. The van der Waals surface area contributed by atoms with E-state index in [1.807, 2.05) is 0 Å². The van der Waals surface area contributed by atoms with Crippen molar-refractivity contribution in [2.75, 3.05) is 7.11 Å². The molecule has 5 heteroatoms. The van der Waals surface area contributed by atoms with Crippen molar-refractivity contribution in [2.24, 2.45) is 0 Å². The van der Waals surface area contributed by atoms with E-state index < -0.39 is 18.0 Å². The highest BCUT2D eigenvalue weighted by atomic mass is 19.3. The molecule has 0 heterocycles. The molecule has 2 nitrogen and oxygen atoms in total. The number of benzene rings is 1. The van der Waals surface area contributed by atoms with Crippen LogP contribution in [0, 0.1) is 5.82 Å². The molecule has 0 bridgehead atoms. The zero-order valence-corrected chi connectivity index (χ0v) is 7.26. The maximum atomic E-state index is 13.0. The predicted molar refractivity (Wildman–Crippen MR) is 43.3 cm³/mol. The van der Waals surface area contributed by atoms with E-state index in [0.29, 0.717) is 0 Å². The summed E-state index contributed by atoms with van der Waals surface area (Å²) in [6, 6.07) is 2.95. The number of alkyl halides is 2. The Balaban J connectivity index is 3.03. The number of ether oxygens (including phenoxy) is 1. The maximum Gasteiger partial charge on any atom is 0.300 e. The Morgan fingerprint density at radius 2 is 2.07 bits per heavy atom.